The minimum atomic E-state index is 0. The quantitative estimate of drug-likeness (QED) is 0.347. The Hall–Kier alpha value is 2.50. The number of hydrogen-bond donors (Lipinski definition) is 0. The first-order chi connectivity index (χ1) is 0. The van der Waals surface area contributed by atoms with Crippen molar-refractivity contribution in [3.63, 3.8) is 0 Å². The molecule has 0 atom stereocenters. The van der Waals surface area contributed by atoms with Crippen LogP contribution in [-0.4, -0.2) is 86.5 Å². The zero-order valence-electron chi connectivity index (χ0n) is 3.50. The van der Waals surface area contributed by atoms with Gasteiger partial charge >= 0.3 is 59.1 Å². The molecule has 0 aromatic heterocycles. The zero-order chi connectivity index (χ0) is 0. The van der Waals surface area contributed by atoms with Crippen molar-refractivity contribution in [1.82, 2.24) is 0 Å². The van der Waals surface area contributed by atoms with Gasteiger partial charge in [-0.3, -0.25) is 0 Å². The van der Waals surface area contributed by atoms with Gasteiger partial charge in [0.15, 0.2) is 0 Å². The van der Waals surface area contributed by atoms with Crippen LogP contribution in [0.15, 0.2) is 0 Å². The van der Waals surface area contributed by atoms with E-state index >= 15 is 0 Å². The van der Waals surface area contributed by atoms with E-state index in [0.717, 1.165) is 0 Å². The molecule has 0 radical (unpaired) electrons. The Morgan fingerprint density at radius 3 is 0.333 bits per heavy atom. The van der Waals surface area contributed by atoms with E-state index in [1.807, 2.05) is 0 Å². The molecule has 0 aromatic rings. The minimum absolute atomic E-state index is 0. The molecule has 5 nitrogen and oxygen atoms in total. The molecule has 0 aliphatic carbocycles. The topological polar surface area (TPSA) is 158 Å². The molecule has 0 spiro atoms. The molecule has 9 heteroatoms. The average Bonchev–Trinajstić information content (AvgIpc) is 0. The predicted molar refractivity (Wildman–Crippen MR) is 53.1 cm³/mol. The Balaban J connectivity index is 0. The Labute approximate surface area is 112 Å². The molecular formula is H16Na2O5S2. The molecule has 0 bridgehead atoms. The van der Waals surface area contributed by atoms with Crippen molar-refractivity contribution in [2.45, 2.75) is 0 Å². The molecule has 0 saturated heterocycles. The fourth-order valence-electron chi connectivity index (χ4n) is 0. The van der Waals surface area contributed by atoms with Crippen molar-refractivity contribution in [3.05, 3.63) is 0 Å². The first-order valence-corrected chi connectivity index (χ1v) is 0. The molecule has 0 amide bonds. The normalized spacial score (nSPS) is 0. The van der Waals surface area contributed by atoms with Gasteiger partial charge in [0.25, 0.3) is 0 Å². The SMILES string of the molecule is O.O.O.O.O.S.S.[NaH].[NaH]. The second kappa shape index (κ2) is 152. The molecule has 0 rings (SSSR count). The van der Waals surface area contributed by atoms with Gasteiger partial charge in [0.05, 0.1) is 0 Å². The van der Waals surface area contributed by atoms with Crippen molar-refractivity contribution in [3.8, 4) is 0 Å². The van der Waals surface area contributed by atoms with Crippen LogP contribution >= 0.6 is 27.0 Å². The van der Waals surface area contributed by atoms with E-state index in [9.17, 15) is 0 Å². The van der Waals surface area contributed by atoms with E-state index in [2.05, 4.69) is 0 Å². The third-order valence-electron chi connectivity index (χ3n) is 0. The van der Waals surface area contributed by atoms with Crippen molar-refractivity contribution in [2.24, 2.45) is 0 Å². The summed E-state index contributed by atoms with van der Waals surface area (Å²) < 4.78 is 0. The fourth-order valence-corrected chi connectivity index (χ4v) is 0. The van der Waals surface area contributed by atoms with E-state index in [1.165, 1.54) is 0 Å². The Kier molecular flexibility index (Phi) is 3420. The van der Waals surface area contributed by atoms with Crippen LogP contribution in [0.4, 0.5) is 0 Å². The van der Waals surface area contributed by atoms with Gasteiger partial charge in [0, 0.05) is 0 Å². The summed E-state index contributed by atoms with van der Waals surface area (Å²) in [7, 11) is 0. The molecule has 9 heavy (non-hydrogen) atoms. The first-order valence-electron chi connectivity index (χ1n) is 0. The van der Waals surface area contributed by atoms with E-state index in [4.69, 9.17) is 0 Å². The summed E-state index contributed by atoms with van der Waals surface area (Å²) in [6.45, 7) is 0. The van der Waals surface area contributed by atoms with Crippen LogP contribution in [0.3, 0.4) is 0 Å². The predicted octanol–water partition coefficient (Wildman–Crippen LogP) is -5.19. The second-order valence-corrected chi connectivity index (χ2v) is 0. The maximum atomic E-state index is 0. The first kappa shape index (κ1) is 203. The van der Waals surface area contributed by atoms with Gasteiger partial charge < -0.3 is 27.4 Å². The average molecular weight is 206 g/mol. The van der Waals surface area contributed by atoms with E-state index in [1.54, 1.807) is 0 Å². The van der Waals surface area contributed by atoms with Crippen LogP contribution in [-0.2, 0) is 0 Å². The number of rotatable bonds is 0. The second-order valence-electron chi connectivity index (χ2n) is 0. The molecule has 0 aliphatic rings. The van der Waals surface area contributed by atoms with Gasteiger partial charge in [-0.1, -0.05) is 0 Å². The Morgan fingerprint density at radius 2 is 0.333 bits per heavy atom. The van der Waals surface area contributed by atoms with E-state index < -0.39 is 0 Å². The van der Waals surface area contributed by atoms with Crippen LogP contribution < -0.4 is 0 Å². The van der Waals surface area contributed by atoms with Crippen molar-refractivity contribution in [2.75, 3.05) is 0 Å². The summed E-state index contributed by atoms with van der Waals surface area (Å²) in [5.74, 6) is 0. The van der Waals surface area contributed by atoms with Crippen molar-refractivity contribution >= 4 is 86.1 Å². The van der Waals surface area contributed by atoms with Crippen molar-refractivity contribution in [1.29, 1.82) is 0 Å². The molecule has 0 unspecified atom stereocenters. The maximum absolute atomic E-state index is 0. The fraction of sp³-hybridized carbons (Fsp3) is 0. The van der Waals surface area contributed by atoms with Gasteiger partial charge in [-0.25, -0.2) is 0 Å². The number of hydrogen-bond acceptors (Lipinski definition) is 0. The van der Waals surface area contributed by atoms with Gasteiger partial charge in [-0.15, -0.1) is 0 Å². The summed E-state index contributed by atoms with van der Waals surface area (Å²) in [6.07, 6.45) is 0. The molecule has 10 N–H and O–H groups in total. The molecule has 0 aromatic carbocycles. The molecule has 0 heterocycles. The molecule has 0 saturated carbocycles. The van der Waals surface area contributed by atoms with Gasteiger partial charge in [0.2, 0.25) is 0 Å². The van der Waals surface area contributed by atoms with E-state index in [-0.39, 0.29) is 113 Å². The summed E-state index contributed by atoms with van der Waals surface area (Å²) in [5, 5.41) is 0. The van der Waals surface area contributed by atoms with Crippen molar-refractivity contribution < 1.29 is 27.4 Å². The zero-order valence-corrected chi connectivity index (χ0v) is 5.50. The summed E-state index contributed by atoms with van der Waals surface area (Å²) >= 11 is 0. The Bertz CT molecular complexity index is 12.9. The molecular weight excluding hydrogens is 190 g/mol. The van der Waals surface area contributed by atoms with Crippen LogP contribution in [0.25, 0.3) is 0 Å². The summed E-state index contributed by atoms with van der Waals surface area (Å²) in [4.78, 5) is 0. The van der Waals surface area contributed by atoms with Crippen LogP contribution in [0.5, 0.6) is 0 Å². The van der Waals surface area contributed by atoms with Gasteiger partial charge in [0.1, 0.15) is 0 Å². The molecule has 60 valence electrons. The third-order valence-corrected chi connectivity index (χ3v) is 0. The Morgan fingerprint density at radius 1 is 0.333 bits per heavy atom. The standard InChI is InChI=1S/2Na.5H2O.2H2S.2H/h;;7*1H2;;. The van der Waals surface area contributed by atoms with E-state index in [0.29, 0.717) is 0 Å². The van der Waals surface area contributed by atoms with Crippen LogP contribution in [0.2, 0.25) is 0 Å². The summed E-state index contributed by atoms with van der Waals surface area (Å²) in [6, 6.07) is 0. The third kappa shape index (κ3) is 121. The van der Waals surface area contributed by atoms with Crippen LogP contribution in [0.1, 0.15) is 0 Å². The van der Waals surface area contributed by atoms with Gasteiger partial charge in [-0.05, 0) is 0 Å². The van der Waals surface area contributed by atoms with Crippen LogP contribution in [0, 0.1) is 0 Å². The summed E-state index contributed by atoms with van der Waals surface area (Å²) in [5.41, 5.74) is 0. The van der Waals surface area contributed by atoms with Gasteiger partial charge in [-0.2, -0.15) is 27.0 Å². The monoisotopic (exact) mass is 206 g/mol. The molecule has 0 fully saturated rings. The molecule has 0 aliphatic heterocycles.